The molecule has 1 saturated heterocycles. The molecule has 0 radical (unpaired) electrons. The van der Waals surface area contributed by atoms with Gasteiger partial charge in [-0.25, -0.2) is 9.97 Å². The molecule has 1 fully saturated rings. The zero-order valence-electron chi connectivity index (χ0n) is 12.5. The number of nitrogens with zero attached hydrogens (tertiary/aromatic N) is 3. The highest BCUT2D eigenvalue weighted by molar-refractivity contribution is 6.30. The maximum Gasteiger partial charge on any atom is 0.302 e. The SMILES string of the molecule is CC(=O)OC[C@H]1O[C@@H](n2cnc3c(NO)cc(Cl)nc32)[C@H](O)[C@@H]1O. The average Bonchev–Trinajstić information content (AvgIpc) is 3.07. The third-order valence-corrected chi connectivity index (χ3v) is 3.88. The summed E-state index contributed by atoms with van der Waals surface area (Å²) in [4.78, 5) is 19.1. The number of imidazole rings is 1. The number of aliphatic hydroxyl groups excluding tert-OH is 2. The first kappa shape index (κ1) is 16.9. The summed E-state index contributed by atoms with van der Waals surface area (Å²) in [6, 6.07) is 1.38. The molecule has 2 aromatic heterocycles. The van der Waals surface area contributed by atoms with Gasteiger partial charge in [-0.15, -0.1) is 0 Å². The Kier molecular flexibility index (Phi) is 4.56. The molecular formula is C13H15ClN4O6. The van der Waals surface area contributed by atoms with Crippen molar-refractivity contribution in [2.45, 2.75) is 31.5 Å². The molecule has 4 N–H and O–H groups in total. The maximum atomic E-state index is 10.9. The van der Waals surface area contributed by atoms with Gasteiger partial charge < -0.3 is 19.7 Å². The average molecular weight is 359 g/mol. The number of pyridine rings is 1. The number of carbonyl (C=O) groups is 1. The van der Waals surface area contributed by atoms with Crippen molar-refractivity contribution in [2.24, 2.45) is 0 Å². The second-order valence-corrected chi connectivity index (χ2v) is 5.66. The number of halogens is 1. The summed E-state index contributed by atoms with van der Waals surface area (Å²) in [5.74, 6) is -0.524. The van der Waals surface area contributed by atoms with Gasteiger partial charge >= 0.3 is 5.97 Å². The van der Waals surface area contributed by atoms with Crippen molar-refractivity contribution in [3.8, 4) is 0 Å². The highest BCUT2D eigenvalue weighted by atomic mass is 35.5. The number of fused-ring (bicyclic) bond motifs is 1. The first-order valence-corrected chi connectivity index (χ1v) is 7.38. The molecular weight excluding hydrogens is 344 g/mol. The van der Waals surface area contributed by atoms with Crippen LogP contribution >= 0.6 is 11.6 Å². The van der Waals surface area contributed by atoms with Crippen LogP contribution in [0.5, 0.6) is 0 Å². The number of carbonyl (C=O) groups excluding carboxylic acids is 1. The van der Waals surface area contributed by atoms with Crippen molar-refractivity contribution in [2.75, 3.05) is 12.1 Å². The van der Waals surface area contributed by atoms with Gasteiger partial charge in [0.25, 0.3) is 0 Å². The smallest absolute Gasteiger partial charge is 0.302 e. The van der Waals surface area contributed by atoms with E-state index in [1.807, 2.05) is 5.48 Å². The van der Waals surface area contributed by atoms with E-state index >= 15 is 0 Å². The van der Waals surface area contributed by atoms with Crippen LogP contribution in [-0.2, 0) is 14.3 Å². The normalized spacial score (nSPS) is 26.7. The Balaban J connectivity index is 1.93. The van der Waals surface area contributed by atoms with Gasteiger partial charge in [-0.2, -0.15) is 0 Å². The molecule has 130 valence electrons. The van der Waals surface area contributed by atoms with Crippen molar-refractivity contribution < 1.29 is 29.7 Å². The van der Waals surface area contributed by atoms with Gasteiger partial charge in [0.15, 0.2) is 11.9 Å². The van der Waals surface area contributed by atoms with Crippen molar-refractivity contribution in [3.05, 3.63) is 17.5 Å². The molecule has 0 saturated carbocycles. The molecule has 24 heavy (non-hydrogen) atoms. The fourth-order valence-electron chi connectivity index (χ4n) is 2.54. The van der Waals surface area contributed by atoms with E-state index in [9.17, 15) is 15.0 Å². The zero-order chi connectivity index (χ0) is 17.4. The summed E-state index contributed by atoms with van der Waals surface area (Å²) < 4.78 is 11.8. The van der Waals surface area contributed by atoms with Crippen LogP contribution in [0.1, 0.15) is 13.2 Å². The van der Waals surface area contributed by atoms with E-state index in [1.54, 1.807) is 0 Å². The summed E-state index contributed by atoms with van der Waals surface area (Å²) in [6.45, 7) is 1.03. The lowest BCUT2D eigenvalue weighted by molar-refractivity contribution is -0.147. The van der Waals surface area contributed by atoms with Gasteiger partial charge in [0, 0.05) is 13.0 Å². The number of esters is 1. The van der Waals surface area contributed by atoms with E-state index in [0.717, 1.165) is 0 Å². The first-order valence-electron chi connectivity index (χ1n) is 7.00. The van der Waals surface area contributed by atoms with E-state index in [0.29, 0.717) is 5.52 Å². The maximum absolute atomic E-state index is 10.9. The lowest BCUT2D eigenvalue weighted by Crippen LogP contribution is -2.34. The van der Waals surface area contributed by atoms with Crippen molar-refractivity contribution >= 4 is 34.4 Å². The Morgan fingerprint density at radius 2 is 2.25 bits per heavy atom. The van der Waals surface area contributed by atoms with Gasteiger partial charge in [0.1, 0.15) is 35.6 Å². The number of hydrogen-bond donors (Lipinski definition) is 4. The third kappa shape index (κ3) is 2.89. The van der Waals surface area contributed by atoms with Crippen molar-refractivity contribution in [1.82, 2.24) is 14.5 Å². The Hall–Kier alpha value is -1.98. The molecule has 0 aliphatic carbocycles. The van der Waals surface area contributed by atoms with E-state index in [2.05, 4.69) is 9.97 Å². The molecule has 11 heteroatoms. The minimum Gasteiger partial charge on any atom is -0.463 e. The molecule has 0 spiro atoms. The molecule has 2 aromatic rings. The van der Waals surface area contributed by atoms with Gasteiger partial charge in [0.05, 0.1) is 12.0 Å². The van der Waals surface area contributed by atoms with Gasteiger partial charge in [-0.05, 0) is 0 Å². The number of ether oxygens (including phenoxy) is 2. The highest BCUT2D eigenvalue weighted by Gasteiger charge is 2.44. The van der Waals surface area contributed by atoms with Crippen LogP contribution in [0, 0.1) is 0 Å². The quantitative estimate of drug-likeness (QED) is 0.339. The van der Waals surface area contributed by atoms with Gasteiger partial charge in [-0.1, -0.05) is 11.6 Å². The molecule has 3 rings (SSSR count). The van der Waals surface area contributed by atoms with Crippen LogP contribution in [0.15, 0.2) is 12.4 Å². The third-order valence-electron chi connectivity index (χ3n) is 3.68. The molecule has 0 unspecified atom stereocenters. The number of aliphatic hydroxyl groups is 2. The molecule has 0 bridgehead atoms. The monoisotopic (exact) mass is 358 g/mol. The summed E-state index contributed by atoms with van der Waals surface area (Å²) in [6.07, 6.45) is -3.14. The molecule has 3 heterocycles. The topological polar surface area (TPSA) is 139 Å². The number of hydrogen-bond acceptors (Lipinski definition) is 9. The highest BCUT2D eigenvalue weighted by Crippen LogP contribution is 2.33. The number of nitrogens with one attached hydrogen (secondary N) is 1. The van der Waals surface area contributed by atoms with Gasteiger partial charge in [-0.3, -0.25) is 20.0 Å². The second-order valence-electron chi connectivity index (χ2n) is 5.28. The molecule has 4 atom stereocenters. The predicted molar refractivity (Wildman–Crippen MR) is 80.5 cm³/mol. The Morgan fingerprint density at radius 1 is 1.50 bits per heavy atom. The van der Waals surface area contributed by atoms with Crippen LogP contribution < -0.4 is 5.48 Å². The summed E-state index contributed by atoms with van der Waals surface area (Å²) in [7, 11) is 0. The molecule has 0 amide bonds. The van der Waals surface area contributed by atoms with E-state index in [4.69, 9.17) is 26.3 Å². The number of rotatable bonds is 4. The van der Waals surface area contributed by atoms with Crippen molar-refractivity contribution in [1.29, 1.82) is 0 Å². The first-order chi connectivity index (χ1) is 11.4. The molecule has 0 aromatic carbocycles. The van der Waals surface area contributed by atoms with E-state index in [-0.39, 0.29) is 23.1 Å². The summed E-state index contributed by atoms with van der Waals surface area (Å²) in [5.41, 5.74) is 2.74. The summed E-state index contributed by atoms with van der Waals surface area (Å²) in [5, 5.41) is 29.5. The van der Waals surface area contributed by atoms with Gasteiger partial charge in [0.2, 0.25) is 0 Å². The van der Waals surface area contributed by atoms with Crippen LogP contribution in [0.3, 0.4) is 0 Å². The Labute approximate surface area is 140 Å². The van der Waals surface area contributed by atoms with Crippen molar-refractivity contribution in [3.63, 3.8) is 0 Å². The van der Waals surface area contributed by atoms with Crippen LogP contribution in [0.25, 0.3) is 11.2 Å². The lowest BCUT2D eigenvalue weighted by atomic mass is 10.1. The standard InChI is InChI=1S/C13H15ClN4O6/c1-5(19)23-3-7-10(20)11(21)13(24-7)18-4-15-9-6(17-22)2-8(14)16-12(9)18/h2,4,7,10-11,13,20-22H,3H2,1H3,(H,16,17)/t7-,10-,11-,13-/m1/s1. The predicted octanol–water partition coefficient (Wildman–Crippen LogP) is 0.0681. The summed E-state index contributed by atoms with van der Waals surface area (Å²) >= 11 is 5.90. The fraction of sp³-hybridized carbons (Fsp3) is 0.462. The second kappa shape index (κ2) is 6.49. The number of anilines is 1. The molecule has 1 aliphatic heterocycles. The number of aromatic nitrogens is 3. The largest absolute Gasteiger partial charge is 0.463 e. The fourth-order valence-corrected chi connectivity index (χ4v) is 2.73. The minimum absolute atomic E-state index is 0.0882. The molecule has 1 aliphatic rings. The minimum atomic E-state index is -1.30. The van der Waals surface area contributed by atoms with Crippen LogP contribution in [0.2, 0.25) is 5.15 Å². The Bertz CT molecular complexity index is 768. The van der Waals surface area contributed by atoms with E-state index in [1.165, 1.54) is 23.9 Å². The van der Waals surface area contributed by atoms with Crippen LogP contribution in [-0.4, -0.2) is 60.8 Å². The zero-order valence-corrected chi connectivity index (χ0v) is 13.2. The lowest BCUT2D eigenvalue weighted by Gasteiger charge is -2.16. The van der Waals surface area contributed by atoms with Crippen LogP contribution in [0.4, 0.5) is 5.69 Å². The van der Waals surface area contributed by atoms with E-state index < -0.39 is 30.5 Å². The molecule has 10 nitrogen and oxygen atoms in total. The Morgan fingerprint density at radius 3 is 2.92 bits per heavy atom.